The molecule has 1 aliphatic carbocycles. The van der Waals surface area contributed by atoms with E-state index in [4.69, 9.17) is 0 Å². The third-order valence-electron chi connectivity index (χ3n) is 6.46. The molecule has 0 spiro atoms. The summed E-state index contributed by atoms with van der Waals surface area (Å²) in [6.45, 7) is 11.3. The van der Waals surface area contributed by atoms with E-state index in [2.05, 4.69) is 55.3 Å². The molecule has 0 radical (unpaired) electrons. The van der Waals surface area contributed by atoms with Gasteiger partial charge in [0.25, 0.3) is 5.91 Å². The van der Waals surface area contributed by atoms with Gasteiger partial charge in [0.1, 0.15) is 0 Å². The number of amides is 1. The van der Waals surface area contributed by atoms with E-state index >= 15 is 0 Å². The molecule has 0 bridgehead atoms. The summed E-state index contributed by atoms with van der Waals surface area (Å²) in [6, 6.07) is 6.58. The summed E-state index contributed by atoms with van der Waals surface area (Å²) in [4.78, 5) is 16.5. The van der Waals surface area contributed by atoms with Crippen LogP contribution in [0.3, 0.4) is 0 Å². The number of anilines is 1. The van der Waals surface area contributed by atoms with Crippen molar-refractivity contribution in [3.8, 4) is 0 Å². The Kier molecular flexibility index (Phi) is 6.95. The Bertz CT molecular complexity index is 674. The van der Waals surface area contributed by atoms with Crippen LogP contribution in [0.25, 0.3) is 0 Å². The topological polar surface area (TPSA) is 36.8 Å². The van der Waals surface area contributed by atoms with Crippen LogP contribution in [0.15, 0.2) is 29.8 Å². The maximum absolute atomic E-state index is 12.6. The number of nitrogens with zero attached hydrogens (tertiary/aromatic N) is 1. The van der Waals surface area contributed by atoms with E-state index in [9.17, 15) is 4.79 Å². The van der Waals surface area contributed by atoms with Crippen LogP contribution in [0, 0.1) is 13.8 Å². The summed E-state index contributed by atoms with van der Waals surface area (Å²) in [5.74, 6) is 0.210. The Balaban J connectivity index is 1.44. The van der Waals surface area contributed by atoms with Crippen LogP contribution in [0.1, 0.15) is 50.2 Å². The smallest absolute Gasteiger partial charge is 0.278 e. The van der Waals surface area contributed by atoms with Crippen molar-refractivity contribution < 1.29 is 9.69 Å². The van der Waals surface area contributed by atoms with E-state index in [1.54, 1.807) is 0 Å². The van der Waals surface area contributed by atoms with Gasteiger partial charge in [-0.05, 0) is 70.1 Å². The molecule has 0 aromatic heterocycles. The molecule has 1 aromatic carbocycles. The van der Waals surface area contributed by atoms with Gasteiger partial charge in [-0.3, -0.25) is 4.79 Å². The molecule has 2 N–H and O–H groups in total. The molecule has 1 aliphatic heterocycles. The highest BCUT2D eigenvalue weighted by Crippen LogP contribution is 2.22. The summed E-state index contributed by atoms with van der Waals surface area (Å²) in [6.07, 6.45) is 8.46. The lowest BCUT2D eigenvalue weighted by atomic mass is 9.97. The highest BCUT2D eigenvalue weighted by Gasteiger charge is 2.29. The number of allylic oxidation sites excluding steroid dienone is 1. The van der Waals surface area contributed by atoms with Crippen LogP contribution in [0.2, 0.25) is 0 Å². The molecule has 1 fully saturated rings. The summed E-state index contributed by atoms with van der Waals surface area (Å²) >= 11 is 0. The Morgan fingerprint density at radius 1 is 1.22 bits per heavy atom. The first-order chi connectivity index (χ1) is 13.1. The van der Waals surface area contributed by atoms with Crippen LogP contribution in [0.4, 0.5) is 5.69 Å². The van der Waals surface area contributed by atoms with Gasteiger partial charge in [0.2, 0.25) is 0 Å². The van der Waals surface area contributed by atoms with E-state index in [1.165, 1.54) is 53.0 Å². The quantitative estimate of drug-likeness (QED) is 0.755. The Hall–Kier alpha value is -1.81. The molecule has 4 nitrogen and oxygen atoms in total. The molecule has 1 aromatic rings. The van der Waals surface area contributed by atoms with Crippen molar-refractivity contribution in [3.63, 3.8) is 0 Å². The van der Waals surface area contributed by atoms with Crippen LogP contribution in [-0.4, -0.2) is 44.7 Å². The fourth-order valence-corrected chi connectivity index (χ4v) is 4.36. The molecule has 1 saturated heterocycles. The molecule has 148 valence electrons. The van der Waals surface area contributed by atoms with Gasteiger partial charge < -0.3 is 15.1 Å². The number of quaternary nitrogens is 1. The molecule has 27 heavy (non-hydrogen) atoms. The van der Waals surface area contributed by atoms with Gasteiger partial charge >= 0.3 is 0 Å². The zero-order chi connectivity index (χ0) is 19.2. The number of piperazine rings is 1. The fourth-order valence-electron chi connectivity index (χ4n) is 4.36. The molecule has 0 unspecified atom stereocenters. The van der Waals surface area contributed by atoms with E-state index < -0.39 is 0 Å². The lowest BCUT2D eigenvalue weighted by molar-refractivity contribution is -0.914. The van der Waals surface area contributed by atoms with Gasteiger partial charge in [-0.25, -0.2) is 0 Å². The van der Waals surface area contributed by atoms with Crippen molar-refractivity contribution in [2.45, 2.75) is 58.9 Å². The highest BCUT2D eigenvalue weighted by atomic mass is 16.2. The fraction of sp³-hybridized carbons (Fsp3) is 0.609. The van der Waals surface area contributed by atoms with Crippen LogP contribution in [-0.2, 0) is 4.79 Å². The maximum Gasteiger partial charge on any atom is 0.278 e. The highest BCUT2D eigenvalue weighted by molar-refractivity contribution is 5.79. The standard InChI is InChI=1S/C23H35N3O/c1-18-8-7-11-22(19(18)2)26-16-14-25(15-17-26)20(3)23(27)24-13-12-21-9-5-4-6-10-21/h7-9,11,20H,4-6,10,12-17H2,1-3H3,(H,24,27)/p+1/t20-/m0/s1. The number of aryl methyl sites for hydroxylation is 1. The third-order valence-corrected chi connectivity index (χ3v) is 6.46. The first kappa shape index (κ1) is 19.9. The first-order valence-electron chi connectivity index (χ1n) is 10.7. The summed E-state index contributed by atoms with van der Waals surface area (Å²) in [7, 11) is 0. The Morgan fingerprint density at radius 3 is 2.70 bits per heavy atom. The van der Waals surface area contributed by atoms with Crippen LogP contribution in [0.5, 0.6) is 0 Å². The van der Waals surface area contributed by atoms with Gasteiger partial charge in [-0.1, -0.05) is 23.8 Å². The maximum atomic E-state index is 12.6. The lowest BCUT2D eigenvalue weighted by Crippen LogP contribution is -3.19. The third kappa shape index (κ3) is 5.13. The Labute approximate surface area is 164 Å². The zero-order valence-electron chi connectivity index (χ0n) is 17.3. The molecule has 1 amide bonds. The largest absolute Gasteiger partial charge is 0.360 e. The van der Waals surface area contributed by atoms with E-state index in [0.717, 1.165) is 39.1 Å². The zero-order valence-corrected chi connectivity index (χ0v) is 17.3. The minimum atomic E-state index is 0.0334. The van der Waals surface area contributed by atoms with Crippen LogP contribution < -0.4 is 15.1 Å². The van der Waals surface area contributed by atoms with Crippen molar-refractivity contribution in [3.05, 3.63) is 41.0 Å². The van der Waals surface area contributed by atoms with Crippen molar-refractivity contribution in [1.29, 1.82) is 0 Å². The molecule has 2 aliphatic rings. The number of benzene rings is 1. The van der Waals surface area contributed by atoms with E-state index in [1.807, 2.05) is 0 Å². The van der Waals surface area contributed by atoms with Crippen LogP contribution >= 0.6 is 0 Å². The van der Waals surface area contributed by atoms with Crippen molar-refractivity contribution in [1.82, 2.24) is 5.32 Å². The molecule has 4 heteroatoms. The number of nitrogens with one attached hydrogen (secondary N) is 2. The van der Waals surface area contributed by atoms with Gasteiger partial charge in [-0.15, -0.1) is 0 Å². The lowest BCUT2D eigenvalue weighted by Gasteiger charge is -2.36. The molecule has 0 saturated carbocycles. The number of carbonyl (C=O) groups excluding carboxylic acids is 1. The monoisotopic (exact) mass is 370 g/mol. The molecule has 1 heterocycles. The minimum Gasteiger partial charge on any atom is -0.360 e. The second-order valence-corrected chi connectivity index (χ2v) is 8.24. The molecular weight excluding hydrogens is 334 g/mol. The molecule has 3 rings (SSSR count). The number of carbonyl (C=O) groups is 1. The number of hydrogen-bond donors (Lipinski definition) is 2. The first-order valence-corrected chi connectivity index (χ1v) is 10.7. The Morgan fingerprint density at radius 2 is 2.00 bits per heavy atom. The molecule has 1 atom stereocenters. The predicted octanol–water partition coefficient (Wildman–Crippen LogP) is 2.40. The second-order valence-electron chi connectivity index (χ2n) is 8.24. The SMILES string of the molecule is Cc1cccc(N2CC[NH+]([C@@H](C)C(=O)NCCC3=CCCCC3)CC2)c1C. The summed E-state index contributed by atoms with van der Waals surface area (Å²) < 4.78 is 0. The normalized spacial score (nSPS) is 19.5. The average molecular weight is 371 g/mol. The number of hydrogen-bond acceptors (Lipinski definition) is 2. The van der Waals surface area contributed by atoms with E-state index in [-0.39, 0.29) is 11.9 Å². The average Bonchev–Trinajstić information content (AvgIpc) is 2.70. The van der Waals surface area contributed by atoms with Crippen molar-refractivity contribution >= 4 is 11.6 Å². The number of rotatable bonds is 6. The van der Waals surface area contributed by atoms with E-state index in [0.29, 0.717) is 0 Å². The van der Waals surface area contributed by atoms with Gasteiger partial charge in [0.05, 0.1) is 26.2 Å². The second kappa shape index (κ2) is 9.41. The van der Waals surface area contributed by atoms with Gasteiger partial charge in [-0.2, -0.15) is 0 Å². The van der Waals surface area contributed by atoms with Crippen molar-refractivity contribution in [2.75, 3.05) is 37.6 Å². The van der Waals surface area contributed by atoms with Gasteiger partial charge in [0, 0.05) is 12.2 Å². The summed E-state index contributed by atoms with van der Waals surface area (Å²) in [5, 5.41) is 3.17. The van der Waals surface area contributed by atoms with Crippen molar-refractivity contribution in [2.24, 2.45) is 0 Å². The minimum absolute atomic E-state index is 0.0334. The van der Waals surface area contributed by atoms with Gasteiger partial charge in [0.15, 0.2) is 6.04 Å². The summed E-state index contributed by atoms with van der Waals surface area (Å²) in [5.41, 5.74) is 5.61. The predicted molar refractivity (Wildman–Crippen MR) is 112 cm³/mol. The molecular formula is C23H36N3O+.